The smallest absolute Gasteiger partial charge is 0.239 e. The minimum absolute atomic E-state index is 0.0535. The van der Waals surface area contributed by atoms with Crippen molar-refractivity contribution in [3.63, 3.8) is 0 Å². The fraction of sp³-hybridized carbons (Fsp3) is 0.158. The van der Waals surface area contributed by atoms with E-state index in [4.69, 9.17) is 0 Å². The van der Waals surface area contributed by atoms with E-state index in [2.05, 4.69) is 20.6 Å². The van der Waals surface area contributed by atoms with Crippen LogP contribution in [0.3, 0.4) is 0 Å². The van der Waals surface area contributed by atoms with Crippen molar-refractivity contribution in [2.24, 2.45) is 0 Å². The number of hydrogen-bond acceptors (Lipinski definition) is 4. The first-order chi connectivity index (χ1) is 12.2. The Hall–Kier alpha value is -3.28. The van der Waals surface area contributed by atoms with Gasteiger partial charge in [-0.15, -0.1) is 0 Å². The van der Waals surface area contributed by atoms with Crippen LogP contribution in [-0.4, -0.2) is 28.3 Å². The number of aromatic nitrogens is 2. The van der Waals surface area contributed by atoms with Gasteiger partial charge in [-0.05, 0) is 29.3 Å². The minimum atomic E-state index is -0.239. The van der Waals surface area contributed by atoms with E-state index in [9.17, 15) is 9.59 Å². The number of fused-ring (bicyclic) bond motifs is 1. The summed E-state index contributed by atoms with van der Waals surface area (Å²) in [5.41, 5.74) is 2.64. The number of carbonyl (C=O) groups is 2. The van der Waals surface area contributed by atoms with Gasteiger partial charge >= 0.3 is 0 Å². The Kier molecular flexibility index (Phi) is 5.31. The molecule has 0 bridgehead atoms. The average Bonchev–Trinajstić information content (AvgIpc) is 2.66. The Bertz CT molecular complexity index is 875. The molecule has 6 nitrogen and oxygen atoms in total. The van der Waals surface area contributed by atoms with Crippen LogP contribution in [-0.2, 0) is 22.6 Å². The highest BCUT2D eigenvalue weighted by Gasteiger charge is 2.09. The van der Waals surface area contributed by atoms with Crippen molar-refractivity contribution in [2.75, 3.05) is 6.54 Å². The van der Waals surface area contributed by atoms with Crippen LogP contribution in [0, 0.1) is 0 Å². The summed E-state index contributed by atoms with van der Waals surface area (Å²) in [7, 11) is 0. The number of hydrogen-bond donors (Lipinski definition) is 2. The van der Waals surface area contributed by atoms with Crippen LogP contribution in [0.5, 0.6) is 0 Å². The first-order valence-corrected chi connectivity index (χ1v) is 7.97. The molecular weight excluding hydrogens is 316 g/mol. The van der Waals surface area contributed by atoms with Gasteiger partial charge in [-0.25, -0.2) is 0 Å². The first-order valence-electron chi connectivity index (χ1n) is 7.97. The summed E-state index contributed by atoms with van der Waals surface area (Å²) in [4.78, 5) is 32.2. The molecule has 2 heterocycles. The highest BCUT2D eigenvalue weighted by atomic mass is 16.2. The van der Waals surface area contributed by atoms with Gasteiger partial charge in [0, 0.05) is 30.5 Å². The van der Waals surface area contributed by atoms with E-state index >= 15 is 0 Å². The molecule has 0 atom stereocenters. The van der Waals surface area contributed by atoms with Crippen molar-refractivity contribution in [3.8, 4) is 0 Å². The summed E-state index contributed by atoms with van der Waals surface area (Å²) in [6.07, 6.45) is 5.26. The van der Waals surface area contributed by atoms with Gasteiger partial charge in [-0.2, -0.15) is 0 Å². The fourth-order valence-corrected chi connectivity index (χ4v) is 2.49. The lowest BCUT2D eigenvalue weighted by atomic mass is 10.1. The van der Waals surface area contributed by atoms with Crippen molar-refractivity contribution in [1.29, 1.82) is 0 Å². The van der Waals surface area contributed by atoms with E-state index in [1.54, 1.807) is 18.6 Å². The van der Waals surface area contributed by atoms with Gasteiger partial charge in [0.15, 0.2) is 0 Å². The van der Waals surface area contributed by atoms with Gasteiger partial charge in [0.2, 0.25) is 11.8 Å². The Morgan fingerprint density at radius 3 is 2.64 bits per heavy atom. The lowest BCUT2D eigenvalue weighted by molar-refractivity contribution is -0.125. The molecule has 2 amide bonds. The van der Waals surface area contributed by atoms with E-state index < -0.39 is 0 Å². The van der Waals surface area contributed by atoms with Crippen molar-refractivity contribution in [3.05, 3.63) is 72.2 Å². The minimum Gasteiger partial charge on any atom is -0.350 e. The van der Waals surface area contributed by atoms with Crippen LogP contribution < -0.4 is 10.6 Å². The van der Waals surface area contributed by atoms with Gasteiger partial charge in [0.25, 0.3) is 0 Å². The third kappa shape index (κ3) is 4.60. The highest BCUT2D eigenvalue weighted by molar-refractivity contribution is 5.90. The molecule has 0 aliphatic rings. The summed E-state index contributed by atoms with van der Waals surface area (Å²) < 4.78 is 0. The van der Waals surface area contributed by atoms with Crippen LogP contribution in [0.1, 0.15) is 11.1 Å². The number of carbonyl (C=O) groups excluding carboxylic acids is 2. The lowest BCUT2D eigenvalue weighted by Crippen LogP contribution is -2.37. The van der Waals surface area contributed by atoms with E-state index in [-0.39, 0.29) is 24.8 Å². The molecule has 0 spiro atoms. The largest absolute Gasteiger partial charge is 0.350 e. The third-order valence-corrected chi connectivity index (χ3v) is 3.75. The normalized spacial score (nSPS) is 10.4. The average molecular weight is 334 g/mol. The Morgan fingerprint density at radius 1 is 0.920 bits per heavy atom. The number of pyridine rings is 2. The molecule has 0 aliphatic carbocycles. The maximum absolute atomic E-state index is 12.1. The first kappa shape index (κ1) is 16.6. The molecule has 126 valence electrons. The molecule has 0 aliphatic heterocycles. The Balaban J connectivity index is 1.50. The second kappa shape index (κ2) is 8.01. The van der Waals surface area contributed by atoms with E-state index in [1.807, 2.05) is 42.5 Å². The molecule has 0 fully saturated rings. The van der Waals surface area contributed by atoms with Crippen LogP contribution in [0.15, 0.2) is 61.1 Å². The predicted octanol–water partition coefficient (Wildman–Crippen LogP) is 1.60. The number of amides is 2. The fourth-order valence-electron chi connectivity index (χ4n) is 2.49. The monoisotopic (exact) mass is 334 g/mol. The summed E-state index contributed by atoms with van der Waals surface area (Å²) in [5, 5.41) is 6.33. The van der Waals surface area contributed by atoms with E-state index in [1.165, 1.54) is 0 Å². The number of rotatable bonds is 6. The van der Waals surface area contributed by atoms with Crippen LogP contribution in [0.4, 0.5) is 0 Å². The van der Waals surface area contributed by atoms with Crippen molar-refractivity contribution in [2.45, 2.75) is 13.0 Å². The number of benzene rings is 1. The van der Waals surface area contributed by atoms with Crippen molar-refractivity contribution in [1.82, 2.24) is 20.6 Å². The third-order valence-electron chi connectivity index (χ3n) is 3.75. The molecule has 2 N–H and O–H groups in total. The van der Waals surface area contributed by atoms with Gasteiger partial charge in [0.1, 0.15) is 0 Å². The van der Waals surface area contributed by atoms with Gasteiger partial charge in [0.05, 0.1) is 18.5 Å². The maximum Gasteiger partial charge on any atom is 0.239 e. The Morgan fingerprint density at radius 2 is 1.80 bits per heavy atom. The van der Waals surface area contributed by atoms with E-state index in [0.717, 1.165) is 22.0 Å². The molecule has 0 unspecified atom stereocenters. The lowest BCUT2D eigenvalue weighted by Gasteiger charge is -2.08. The second-order valence-electron chi connectivity index (χ2n) is 5.58. The van der Waals surface area contributed by atoms with Crippen LogP contribution in [0.25, 0.3) is 10.9 Å². The van der Waals surface area contributed by atoms with Gasteiger partial charge < -0.3 is 10.6 Å². The topological polar surface area (TPSA) is 84.0 Å². The molecule has 3 rings (SSSR count). The van der Waals surface area contributed by atoms with Crippen LogP contribution in [0.2, 0.25) is 0 Å². The second-order valence-corrected chi connectivity index (χ2v) is 5.58. The zero-order valence-electron chi connectivity index (χ0n) is 13.6. The standard InChI is InChI=1S/C19H18N4O2/c24-18(10-15-7-9-21-17-6-2-1-5-16(15)17)23-13-19(25)22-12-14-4-3-8-20-11-14/h1-9,11H,10,12-13H2,(H,22,25)(H,23,24). The zero-order chi connectivity index (χ0) is 17.5. The molecule has 0 saturated heterocycles. The van der Waals surface area contributed by atoms with Crippen LogP contribution >= 0.6 is 0 Å². The van der Waals surface area contributed by atoms with Crippen molar-refractivity contribution < 1.29 is 9.59 Å². The molecular formula is C19H18N4O2. The van der Waals surface area contributed by atoms with E-state index in [0.29, 0.717) is 6.54 Å². The highest BCUT2D eigenvalue weighted by Crippen LogP contribution is 2.16. The Labute approximate surface area is 145 Å². The number of nitrogens with zero attached hydrogens (tertiary/aromatic N) is 2. The summed E-state index contributed by atoms with van der Waals surface area (Å²) in [6.45, 7) is 0.333. The zero-order valence-corrected chi connectivity index (χ0v) is 13.6. The molecule has 6 heteroatoms. The maximum atomic E-state index is 12.1. The molecule has 3 aromatic rings. The molecule has 25 heavy (non-hydrogen) atoms. The summed E-state index contributed by atoms with van der Waals surface area (Å²) in [5.74, 6) is -0.440. The number of para-hydroxylation sites is 1. The predicted molar refractivity (Wildman–Crippen MR) is 94.5 cm³/mol. The van der Waals surface area contributed by atoms with Gasteiger partial charge in [-0.3, -0.25) is 19.6 Å². The SMILES string of the molecule is O=C(CNC(=O)Cc1ccnc2ccccc12)NCc1cccnc1. The molecule has 0 saturated carbocycles. The quantitative estimate of drug-likeness (QED) is 0.717. The molecule has 0 radical (unpaired) electrons. The molecule has 1 aromatic carbocycles. The summed E-state index contributed by atoms with van der Waals surface area (Å²) >= 11 is 0. The van der Waals surface area contributed by atoms with Gasteiger partial charge in [-0.1, -0.05) is 24.3 Å². The summed E-state index contributed by atoms with van der Waals surface area (Å²) in [6, 6.07) is 13.2. The molecule has 2 aromatic heterocycles. The van der Waals surface area contributed by atoms with Crippen molar-refractivity contribution >= 4 is 22.7 Å². The number of nitrogens with one attached hydrogen (secondary N) is 2.